The number of hydrogen-bond donors (Lipinski definition) is 1. The Balaban J connectivity index is 1.37. The zero-order valence-corrected chi connectivity index (χ0v) is 19.1. The smallest absolute Gasteiger partial charge is 0.346 e. The van der Waals surface area contributed by atoms with E-state index < -0.39 is 11.6 Å². The third-order valence-electron chi connectivity index (χ3n) is 8.73. The molecule has 3 aliphatic heterocycles. The van der Waals surface area contributed by atoms with E-state index in [9.17, 15) is 9.90 Å². The first-order valence-electron chi connectivity index (χ1n) is 12.4. The van der Waals surface area contributed by atoms with E-state index in [4.69, 9.17) is 9.15 Å². The van der Waals surface area contributed by atoms with E-state index in [1.165, 1.54) is 11.8 Å². The second-order valence-corrected chi connectivity index (χ2v) is 10.3. The first-order valence-corrected chi connectivity index (χ1v) is 12.4. The Kier molecular flexibility index (Phi) is 5.89. The van der Waals surface area contributed by atoms with Gasteiger partial charge in [-0.1, -0.05) is 49.6 Å². The molecule has 1 unspecified atom stereocenters. The molecule has 6 rings (SSSR count). The highest BCUT2D eigenvalue weighted by Gasteiger charge is 2.54. The van der Waals surface area contributed by atoms with E-state index in [1.54, 1.807) is 12.1 Å². The Labute approximate surface area is 191 Å². The lowest BCUT2D eigenvalue weighted by Crippen LogP contribution is -2.65. The molecule has 1 N–H and O–H groups in total. The number of hydrogen-bond acceptors (Lipinski definition) is 4. The summed E-state index contributed by atoms with van der Waals surface area (Å²) in [7, 11) is 0. The molecule has 1 aromatic heterocycles. The summed E-state index contributed by atoms with van der Waals surface area (Å²) in [5, 5.41) is 11.7. The zero-order valence-electron chi connectivity index (χ0n) is 19.1. The number of piperidine rings is 3. The molecule has 32 heavy (non-hydrogen) atoms. The van der Waals surface area contributed by atoms with Gasteiger partial charge in [0, 0.05) is 30.2 Å². The van der Waals surface area contributed by atoms with E-state index in [2.05, 4.69) is 37.3 Å². The SMILES string of the molecule is CC(c1ccccc1)[N+]12CCC(CC1)[C@@H](OC(=O)[C@](O)(c1ccco1)C1CCCCC1)C2. The van der Waals surface area contributed by atoms with Crippen LogP contribution < -0.4 is 0 Å². The summed E-state index contributed by atoms with van der Waals surface area (Å²) in [5.74, 6) is 0.0531. The summed E-state index contributed by atoms with van der Waals surface area (Å²) < 4.78 is 12.8. The number of carbonyl (C=O) groups excluding carboxylic acids is 1. The number of furan rings is 1. The van der Waals surface area contributed by atoms with Gasteiger partial charge in [0.05, 0.1) is 19.4 Å². The molecular formula is C27H36NO4+. The lowest BCUT2D eigenvalue weighted by Gasteiger charge is -2.55. The number of quaternary nitrogens is 1. The van der Waals surface area contributed by atoms with Gasteiger partial charge in [0.1, 0.15) is 18.3 Å². The van der Waals surface area contributed by atoms with Crippen LogP contribution in [-0.2, 0) is 15.1 Å². The number of rotatable bonds is 6. The van der Waals surface area contributed by atoms with Crippen LogP contribution in [0.4, 0.5) is 0 Å². The summed E-state index contributed by atoms with van der Waals surface area (Å²) in [6.07, 6.45) is 8.38. The van der Waals surface area contributed by atoms with Crippen molar-refractivity contribution in [3.8, 4) is 0 Å². The largest absolute Gasteiger partial charge is 0.466 e. The quantitative estimate of drug-likeness (QED) is 0.511. The maximum absolute atomic E-state index is 13.6. The number of esters is 1. The maximum Gasteiger partial charge on any atom is 0.346 e. The second-order valence-electron chi connectivity index (χ2n) is 10.3. The average Bonchev–Trinajstić information content (AvgIpc) is 3.40. The number of nitrogens with zero attached hydrogens (tertiary/aromatic N) is 1. The number of aliphatic hydroxyl groups is 1. The number of ether oxygens (including phenoxy) is 1. The third kappa shape index (κ3) is 3.69. The highest BCUT2D eigenvalue weighted by atomic mass is 16.6. The molecule has 1 saturated carbocycles. The van der Waals surface area contributed by atoms with Crippen LogP contribution in [0, 0.1) is 11.8 Å². The molecule has 1 aromatic carbocycles. The molecule has 4 heterocycles. The molecule has 4 fully saturated rings. The van der Waals surface area contributed by atoms with Gasteiger partial charge in [-0.2, -0.15) is 0 Å². The van der Waals surface area contributed by atoms with Gasteiger partial charge in [0.2, 0.25) is 5.60 Å². The van der Waals surface area contributed by atoms with Crippen LogP contribution in [0.3, 0.4) is 0 Å². The second kappa shape index (κ2) is 8.68. The Hall–Kier alpha value is -2.11. The van der Waals surface area contributed by atoms with Gasteiger partial charge in [0.25, 0.3) is 0 Å². The van der Waals surface area contributed by atoms with Crippen molar-refractivity contribution in [2.75, 3.05) is 19.6 Å². The molecule has 1 aliphatic carbocycles. The first-order chi connectivity index (χ1) is 15.5. The van der Waals surface area contributed by atoms with Gasteiger partial charge in [-0.05, 0) is 31.9 Å². The van der Waals surface area contributed by atoms with Crippen molar-refractivity contribution in [1.82, 2.24) is 0 Å². The summed E-state index contributed by atoms with van der Waals surface area (Å²) >= 11 is 0. The van der Waals surface area contributed by atoms with Crippen molar-refractivity contribution in [1.29, 1.82) is 0 Å². The van der Waals surface area contributed by atoms with Crippen LogP contribution in [0.15, 0.2) is 53.1 Å². The van der Waals surface area contributed by atoms with Crippen molar-refractivity contribution < 1.29 is 23.5 Å². The van der Waals surface area contributed by atoms with E-state index in [1.807, 2.05) is 0 Å². The Morgan fingerprint density at radius 1 is 1.06 bits per heavy atom. The molecule has 4 aliphatic rings. The number of fused-ring (bicyclic) bond motifs is 3. The van der Waals surface area contributed by atoms with Crippen molar-refractivity contribution in [2.24, 2.45) is 11.8 Å². The maximum atomic E-state index is 13.6. The van der Waals surface area contributed by atoms with Crippen LogP contribution in [0.1, 0.15) is 69.2 Å². The molecule has 172 valence electrons. The predicted octanol–water partition coefficient (Wildman–Crippen LogP) is 4.96. The molecule has 0 radical (unpaired) electrons. The molecule has 3 atom stereocenters. The highest BCUT2D eigenvalue weighted by Crippen LogP contribution is 2.45. The van der Waals surface area contributed by atoms with Gasteiger partial charge in [0.15, 0.2) is 6.10 Å². The number of benzene rings is 1. The molecule has 2 bridgehead atoms. The molecule has 5 heteroatoms. The third-order valence-corrected chi connectivity index (χ3v) is 8.73. The van der Waals surface area contributed by atoms with E-state index in [0.29, 0.717) is 17.7 Å². The van der Waals surface area contributed by atoms with Gasteiger partial charge < -0.3 is 18.7 Å². The van der Waals surface area contributed by atoms with Gasteiger partial charge in [-0.3, -0.25) is 0 Å². The predicted molar refractivity (Wildman–Crippen MR) is 122 cm³/mol. The van der Waals surface area contributed by atoms with Gasteiger partial charge in [-0.25, -0.2) is 4.79 Å². The number of carbonyl (C=O) groups is 1. The van der Waals surface area contributed by atoms with Crippen molar-refractivity contribution >= 4 is 5.97 Å². The summed E-state index contributed by atoms with van der Waals surface area (Å²) in [6.45, 7) is 5.38. The Bertz CT molecular complexity index is 897. The molecular weight excluding hydrogens is 402 g/mol. The minimum atomic E-state index is -1.69. The van der Waals surface area contributed by atoms with Crippen LogP contribution in [-0.4, -0.2) is 41.3 Å². The Morgan fingerprint density at radius 2 is 1.78 bits per heavy atom. The van der Waals surface area contributed by atoms with Crippen LogP contribution in [0.2, 0.25) is 0 Å². The lowest BCUT2D eigenvalue weighted by atomic mass is 9.75. The summed E-state index contributed by atoms with van der Waals surface area (Å²) in [6, 6.07) is 14.5. The van der Waals surface area contributed by atoms with Crippen LogP contribution >= 0.6 is 0 Å². The molecule has 0 amide bonds. The first kappa shape index (κ1) is 21.7. The van der Waals surface area contributed by atoms with Gasteiger partial charge in [-0.15, -0.1) is 0 Å². The highest BCUT2D eigenvalue weighted by molar-refractivity contribution is 5.81. The van der Waals surface area contributed by atoms with Crippen molar-refractivity contribution in [3.05, 3.63) is 60.1 Å². The average molecular weight is 439 g/mol. The standard InChI is InChI=1S/C27H36NO4/c1-20(21-9-4-2-5-10-21)28-16-14-22(15-17-28)24(19-28)32-26(29)27(30,25-13-8-18-31-25)23-11-6-3-7-12-23/h2,4-5,8-10,13,18,20,22-24,30H,3,6-7,11-12,14-17,19H2,1H3/q+1/t20?,22?,24-,27+,28?/m0/s1. The molecule has 3 saturated heterocycles. The minimum Gasteiger partial charge on any atom is -0.466 e. The fraction of sp³-hybridized carbons (Fsp3) is 0.593. The molecule has 5 nitrogen and oxygen atoms in total. The fourth-order valence-electron chi connectivity index (χ4n) is 6.60. The monoisotopic (exact) mass is 438 g/mol. The normalized spacial score (nSPS) is 31.1. The van der Waals surface area contributed by atoms with E-state index in [0.717, 1.165) is 69.1 Å². The minimum absolute atomic E-state index is 0.151. The van der Waals surface area contributed by atoms with Crippen molar-refractivity contribution in [2.45, 2.75) is 69.6 Å². The Morgan fingerprint density at radius 3 is 2.44 bits per heavy atom. The summed E-state index contributed by atoms with van der Waals surface area (Å²) in [5.41, 5.74) is -0.349. The molecule has 0 spiro atoms. The van der Waals surface area contributed by atoms with Crippen LogP contribution in [0.5, 0.6) is 0 Å². The topological polar surface area (TPSA) is 59.7 Å². The zero-order chi connectivity index (χ0) is 22.2. The molecule has 2 aromatic rings. The van der Waals surface area contributed by atoms with Gasteiger partial charge >= 0.3 is 5.97 Å². The van der Waals surface area contributed by atoms with Crippen molar-refractivity contribution in [3.63, 3.8) is 0 Å². The van der Waals surface area contributed by atoms with E-state index >= 15 is 0 Å². The fourth-order valence-corrected chi connectivity index (χ4v) is 6.60. The lowest BCUT2D eigenvalue weighted by molar-refractivity contribution is -0.972. The van der Waals surface area contributed by atoms with Crippen LogP contribution in [0.25, 0.3) is 0 Å². The summed E-state index contributed by atoms with van der Waals surface area (Å²) in [4.78, 5) is 13.6. The van der Waals surface area contributed by atoms with E-state index in [-0.39, 0.29) is 12.0 Å².